The van der Waals surface area contributed by atoms with Gasteiger partial charge in [-0.1, -0.05) is 0 Å². The largest absolute Gasteiger partial charge is 0.397 e. The second-order valence-corrected chi connectivity index (χ2v) is 4.11. The van der Waals surface area contributed by atoms with Gasteiger partial charge < -0.3 is 11.1 Å². The molecule has 1 heterocycles. The molecule has 1 amide bonds. The van der Waals surface area contributed by atoms with Gasteiger partial charge in [0.15, 0.2) is 0 Å². The highest BCUT2D eigenvalue weighted by Gasteiger charge is 2.28. The Bertz CT molecular complexity index is 444. The number of nitrogen functional groups attached to an aromatic ring is 1. The van der Waals surface area contributed by atoms with E-state index < -0.39 is 0 Å². The molecule has 0 bridgehead atoms. The van der Waals surface area contributed by atoms with Crippen LogP contribution in [0.1, 0.15) is 22.8 Å². The summed E-state index contributed by atoms with van der Waals surface area (Å²) < 4.78 is 0. The molecule has 0 fully saturated rings. The van der Waals surface area contributed by atoms with E-state index >= 15 is 0 Å². The molecule has 1 aromatic carbocycles. The topological polar surface area (TPSA) is 84.4 Å². The molecule has 0 aliphatic carbocycles. The minimum atomic E-state index is -0.148. The molecular formula is C11H16N4O. The van der Waals surface area contributed by atoms with Crippen LogP contribution in [0.3, 0.4) is 0 Å². The first-order chi connectivity index (χ1) is 7.54. The standard InChI is InChI=1S/C11H16N4O/c1-6-3-7-4-9(12)10(14-2)5-8(7)11(16)15(6)13/h4-6,14H,3,12-13H2,1-2H3. The minimum Gasteiger partial charge on any atom is -0.397 e. The highest BCUT2D eigenvalue weighted by atomic mass is 16.2. The maximum Gasteiger partial charge on any atom is 0.268 e. The van der Waals surface area contributed by atoms with Gasteiger partial charge in [-0.15, -0.1) is 0 Å². The maximum absolute atomic E-state index is 11.9. The number of nitrogens with zero attached hydrogens (tertiary/aromatic N) is 1. The monoisotopic (exact) mass is 220 g/mol. The molecule has 1 atom stereocenters. The molecule has 1 aromatic rings. The van der Waals surface area contributed by atoms with Gasteiger partial charge in [0.1, 0.15) is 0 Å². The average molecular weight is 220 g/mol. The zero-order valence-electron chi connectivity index (χ0n) is 9.45. The number of carbonyl (C=O) groups is 1. The van der Waals surface area contributed by atoms with E-state index in [1.807, 2.05) is 13.0 Å². The average Bonchev–Trinajstić information content (AvgIpc) is 2.26. The van der Waals surface area contributed by atoms with Crippen molar-refractivity contribution >= 4 is 17.3 Å². The van der Waals surface area contributed by atoms with E-state index in [1.54, 1.807) is 13.1 Å². The Hall–Kier alpha value is -1.75. The molecule has 0 spiro atoms. The number of carbonyl (C=O) groups excluding carboxylic acids is 1. The van der Waals surface area contributed by atoms with Crippen molar-refractivity contribution < 1.29 is 4.79 Å². The Balaban J connectivity index is 2.54. The van der Waals surface area contributed by atoms with Gasteiger partial charge in [0, 0.05) is 18.7 Å². The third kappa shape index (κ3) is 1.49. The molecule has 86 valence electrons. The van der Waals surface area contributed by atoms with Crippen molar-refractivity contribution in [2.24, 2.45) is 5.84 Å². The van der Waals surface area contributed by atoms with E-state index in [-0.39, 0.29) is 11.9 Å². The van der Waals surface area contributed by atoms with E-state index in [0.717, 1.165) is 17.7 Å². The summed E-state index contributed by atoms with van der Waals surface area (Å²) in [4.78, 5) is 11.9. The van der Waals surface area contributed by atoms with Crippen LogP contribution in [0.25, 0.3) is 0 Å². The van der Waals surface area contributed by atoms with Crippen molar-refractivity contribution in [1.82, 2.24) is 5.01 Å². The van der Waals surface area contributed by atoms with Crippen LogP contribution in [0.15, 0.2) is 12.1 Å². The van der Waals surface area contributed by atoms with Crippen LogP contribution in [0, 0.1) is 0 Å². The second kappa shape index (κ2) is 3.68. The summed E-state index contributed by atoms with van der Waals surface area (Å²) in [6.07, 6.45) is 0.742. The number of rotatable bonds is 1. The Labute approximate surface area is 94.4 Å². The molecule has 1 aliphatic rings. The molecule has 0 radical (unpaired) electrons. The summed E-state index contributed by atoms with van der Waals surface area (Å²) >= 11 is 0. The predicted molar refractivity (Wildman–Crippen MR) is 63.9 cm³/mol. The molecule has 5 N–H and O–H groups in total. The summed E-state index contributed by atoms with van der Waals surface area (Å²) in [7, 11) is 1.77. The lowest BCUT2D eigenvalue weighted by atomic mass is 9.94. The lowest BCUT2D eigenvalue weighted by molar-refractivity contribution is 0.0666. The fourth-order valence-corrected chi connectivity index (χ4v) is 2.00. The smallest absolute Gasteiger partial charge is 0.268 e. The van der Waals surface area contributed by atoms with Gasteiger partial charge in [0.25, 0.3) is 5.91 Å². The summed E-state index contributed by atoms with van der Waals surface area (Å²) in [6, 6.07) is 3.63. The maximum atomic E-state index is 11.9. The molecule has 16 heavy (non-hydrogen) atoms. The van der Waals surface area contributed by atoms with Gasteiger partial charge in [-0.25, -0.2) is 5.84 Å². The zero-order valence-corrected chi connectivity index (χ0v) is 9.45. The van der Waals surface area contributed by atoms with Gasteiger partial charge in [-0.2, -0.15) is 0 Å². The molecule has 0 saturated heterocycles. The van der Waals surface area contributed by atoms with E-state index in [2.05, 4.69) is 5.32 Å². The first-order valence-electron chi connectivity index (χ1n) is 5.23. The van der Waals surface area contributed by atoms with Gasteiger partial charge in [-0.3, -0.25) is 9.80 Å². The van der Waals surface area contributed by atoms with E-state index in [0.29, 0.717) is 11.3 Å². The molecule has 1 unspecified atom stereocenters. The van der Waals surface area contributed by atoms with Crippen molar-refractivity contribution in [1.29, 1.82) is 0 Å². The summed E-state index contributed by atoms with van der Waals surface area (Å²) in [5.74, 6) is 5.55. The molecular weight excluding hydrogens is 204 g/mol. The number of nitrogens with one attached hydrogen (secondary N) is 1. The van der Waals surface area contributed by atoms with Gasteiger partial charge in [-0.05, 0) is 31.0 Å². The first-order valence-corrected chi connectivity index (χ1v) is 5.23. The van der Waals surface area contributed by atoms with Crippen LogP contribution in [0.4, 0.5) is 11.4 Å². The molecule has 2 rings (SSSR count). The quantitative estimate of drug-likeness (QED) is 0.367. The normalized spacial score (nSPS) is 19.6. The van der Waals surface area contributed by atoms with Gasteiger partial charge >= 0.3 is 0 Å². The third-order valence-corrected chi connectivity index (χ3v) is 3.00. The SMILES string of the molecule is CNc1cc2c(cc1N)CC(C)N(N)C2=O. The number of anilines is 2. The highest BCUT2D eigenvalue weighted by molar-refractivity contribution is 5.98. The van der Waals surface area contributed by atoms with Gasteiger partial charge in [0.2, 0.25) is 0 Å². The van der Waals surface area contributed by atoms with Crippen molar-refractivity contribution in [3.63, 3.8) is 0 Å². The number of fused-ring (bicyclic) bond motifs is 1. The van der Waals surface area contributed by atoms with Crippen LogP contribution in [0.5, 0.6) is 0 Å². The number of benzene rings is 1. The summed E-state index contributed by atoms with van der Waals surface area (Å²) in [6.45, 7) is 1.92. The molecule has 5 nitrogen and oxygen atoms in total. The van der Waals surface area contributed by atoms with E-state index in [1.165, 1.54) is 5.01 Å². The number of hydrogen-bond donors (Lipinski definition) is 3. The Morgan fingerprint density at radius 2 is 2.19 bits per heavy atom. The minimum absolute atomic E-state index is 0.0137. The van der Waals surface area contributed by atoms with Crippen molar-refractivity contribution in [3.05, 3.63) is 23.3 Å². The Morgan fingerprint density at radius 1 is 1.50 bits per heavy atom. The van der Waals surface area contributed by atoms with Gasteiger partial charge in [0.05, 0.1) is 11.4 Å². The van der Waals surface area contributed by atoms with Crippen LogP contribution >= 0.6 is 0 Å². The van der Waals surface area contributed by atoms with E-state index in [9.17, 15) is 4.79 Å². The van der Waals surface area contributed by atoms with Crippen LogP contribution in [-0.4, -0.2) is 24.0 Å². The number of nitrogens with two attached hydrogens (primary N) is 2. The van der Waals surface area contributed by atoms with Crippen molar-refractivity contribution in [3.8, 4) is 0 Å². The molecule has 0 saturated carbocycles. The summed E-state index contributed by atoms with van der Waals surface area (Å²) in [5, 5.41) is 4.23. The molecule has 1 aliphatic heterocycles. The number of hydrazine groups is 1. The summed E-state index contributed by atoms with van der Waals surface area (Å²) in [5.41, 5.74) is 8.89. The lowest BCUT2D eigenvalue weighted by Crippen LogP contribution is -2.48. The fourth-order valence-electron chi connectivity index (χ4n) is 2.00. The number of hydrogen-bond acceptors (Lipinski definition) is 4. The van der Waals surface area contributed by atoms with E-state index in [4.69, 9.17) is 11.6 Å². The predicted octanol–water partition coefficient (Wildman–Crippen LogP) is 0.571. The third-order valence-electron chi connectivity index (χ3n) is 3.00. The first kappa shape index (κ1) is 10.8. The molecule has 0 aromatic heterocycles. The lowest BCUT2D eigenvalue weighted by Gasteiger charge is -2.31. The van der Waals surface area contributed by atoms with Crippen LogP contribution in [-0.2, 0) is 6.42 Å². The van der Waals surface area contributed by atoms with Crippen molar-refractivity contribution in [2.45, 2.75) is 19.4 Å². The molecule has 5 heteroatoms. The van der Waals surface area contributed by atoms with Crippen LogP contribution in [0.2, 0.25) is 0 Å². The number of amides is 1. The Kier molecular flexibility index (Phi) is 2.47. The second-order valence-electron chi connectivity index (χ2n) is 4.11. The fraction of sp³-hybridized carbons (Fsp3) is 0.364. The highest BCUT2D eigenvalue weighted by Crippen LogP contribution is 2.28. The van der Waals surface area contributed by atoms with Crippen LogP contribution < -0.4 is 16.9 Å². The van der Waals surface area contributed by atoms with Crippen molar-refractivity contribution in [2.75, 3.05) is 18.1 Å². The Morgan fingerprint density at radius 3 is 2.81 bits per heavy atom. The zero-order chi connectivity index (χ0) is 11.9.